The Labute approximate surface area is 156 Å². The minimum absolute atomic E-state index is 0.0504. The normalized spacial score (nSPS) is 9.08. The van der Waals surface area contributed by atoms with E-state index in [1.54, 1.807) is 12.3 Å². The quantitative estimate of drug-likeness (QED) is 0.641. The summed E-state index contributed by atoms with van der Waals surface area (Å²) in [4.78, 5) is 7.63. The van der Waals surface area contributed by atoms with Crippen molar-refractivity contribution in [3.05, 3.63) is 47.9 Å². The topological polar surface area (TPSA) is 44.2 Å². The van der Waals surface area contributed by atoms with E-state index in [0.29, 0.717) is 0 Å². The smallest absolute Gasteiger partial charge is 0.388 e. The van der Waals surface area contributed by atoms with Gasteiger partial charge in [0.1, 0.15) is 5.75 Å². The second-order valence-electron chi connectivity index (χ2n) is 4.92. The molecule has 0 N–H and O–H groups in total. The van der Waals surface area contributed by atoms with Crippen LogP contribution in [0.1, 0.15) is 52.7 Å². The predicted octanol–water partition coefficient (Wildman–Crippen LogP) is 6.22. The molecule has 2 heterocycles. The summed E-state index contributed by atoms with van der Waals surface area (Å²) in [5, 5.41) is 0. The van der Waals surface area contributed by atoms with Gasteiger partial charge in [-0.15, -0.1) is 0 Å². The third kappa shape index (κ3) is 14.1. The molecule has 0 unspecified atom stereocenters. The zero-order valence-corrected chi connectivity index (χ0v) is 17.1. The lowest BCUT2D eigenvalue weighted by Gasteiger charge is -2.08. The van der Waals surface area contributed by atoms with Gasteiger partial charge in [0.2, 0.25) is 5.88 Å². The van der Waals surface area contributed by atoms with E-state index in [4.69, 9.17) is 4.74 Å². The van der Waals surface area contributed by atoms with E-state index >= 15 is 0 Å². The molecular formula is C20H32F2N2O2. The van der Waals surface area contributed by atoms with Crippen molar-refractivity contribution >= 4 is 0 Å². The van der Waals surface area contributed by atoms with Gasteiger partial charge in [-0.05, 0) is 44.9 Å². The molecule has 2 aromatic heterocycles. The first-order valence-corrected chi connectivity index (χ1v) is 8.82. The summed E-state index contributed by atoms with van der Waals surface area (Å²) in [5.74, 6) is 0.797. The van der Waals surface area contributed by atoms with E-state index in [2.05, 4.69) is 14.7 Å². The summed E-state index contributed by atoms with van der Waals surface area (Å²) < 4.78 is 32.6. The largest absolute Gasteiger partial charge is 0.489 e. The monoisotopic (exact) mass is 370 g/mol. The first-order valence-electron chi connectivity index (χ1n) is 8.82. The van der Waals surface area contributed by atoms with Crippen LogP contribution in [0.3, 0.4) is 0 Å². The summed E-state index contributed by atoms with van der Waals surface area (Å²) in [6.07, 6.45) is 5.23. The van der Waals surface area contributed by atoms with Gasteiger partial charge in [0.15, 0.2) is 0 Å². The van der Waals surface area contributed by atoms with Crippen molar-refractivity contribution in [1.82, 2.24) is 9.97 Å². The van der Waals surface area contributed by atoms with Gasteiger partial charge in [0, 0.05) is 18.5 Å². The Morgan fingerprint density at radius 1 is 0.846 bits per heavy atom. The van der Waals surface area contributed by atoms with Gasteiger partial charge in [0.25, 0.3) is 0 Å². The molecule has 0 fully saturated rings. The van der Waals surface area contributed by atoms with Crippen LogP contribution in [-0.2, 0) is 0 Å². The van der Waals surface area contributed by atoms with Crippen molar-refractivity contribution in [1.29, 1.82) is 0 Å². The van der Waals surface area contributed by atoms with E-state index in [9.17, 15) is 8.78 Å². The maximum absolute atomic E-state index is 11.6. The number of aromatic nitrogens is 2. The van der Waals surface area contributed by atoms with Crippen LogP contribution >= 0.6 is 0 Å². The van der Waals surface area contributed by atoms with Crippen LogP contribution in [-0.4, -0.2) is 22.7 Å². The van der Waals surface area contributed by atoms with Crippen LogP contribution in [0, 0.1) is 13.8 Å². The number of pyridine rings is 2. The zero-order valence-electron chi connectivity index (χ0n) is 17.1. The fourth-order valence-electron chi connectivity index (χ4n) is 1.48. The number of ether oxygens (including phenoxy) is 2. The molecule has 2 rings (SSSR count). The molecule has 0 aliphatic carbocycles. The van der Waals surface area contributed by atoms with Crippen molar-refractivity contribution in [3.8, 4) is 11.6 Å². The maximum atomic E-state index is 11.6. The van der Waals surface area contributed by atoms with Gasteiger partial charge < -0.3 is 9.47 Å². The molecule has 0 aliphatic heterocycles. The molecule has 2 aromatic rings. The number of aryl methyl sites for hydroxylation is 2. The highest BCUT2D eigenvalue weighted by molar-refractivity contribution is 5.22. The molecule has 0 saturated heterocycles. The third-order valence-electron chi connectivity index (χ3n) is 2.32. The highest BCUT2D eigenvalue weighted by Gasteiger charge is 2.03. The second-order valence-corrected chi connectivity index (χ2v) is 4.92. The van der Waals surface area contributed by atoms with Crippen LogP contribution in [0.15, 0.2) is 36.8 Å². The van der Waals surface area contributed by atoms with E-state index < -0.39 is 6.61 Å². The predicted molar refractivity (Wildman–Crippen MR) is 103 cm³/mol. The Morgan fingerprint density at radius 2 is 1.46 bits per heavy atom. The summed E-state index contributed by atoms with van der Waals surface area (Å²) >= 11 is 0. The molecular weight excluding hydrogens is 338 g/mol. The van der Waals surface area contributed by atoms with E-state index in [1.165, 1.54) is 12.3 Å². The molecule has 0 spiro atoms. The van der Waals surface area contributed by atoms with Crippen LogP contribution in [0.25, 0.3) is 0 Å². The maximum Gasteiger partial charge on any atom is 0.388 e. The molecule has 0 aliphatic rings. The summed E-state index contributed by atoms with van der Waals surface area (Å²) in [7, 11) is 0. The van der Waals surface area contributed by atoms with Crippen LogP contribution in [0.5, 0.6) is 11.6 Å². The van der Waals surface area contributed by atoms with E-state index in [0.717, 1.165) is 16.9 Å². The Morgan fingerprint density at radius 3 is 1.88 bits per heavy atom. The third-order valence-corrected chi connectivity index (χ3v) is 2.32. The number of halogens is 2. The Balaban J connectivity index is 0. The standard InChI is InChI=1S/C9H13NO.C7H7F2NO.2C2H6/c1-7(2)11-9-4-8(3)5-10-6-9;1-5-2-3-6(10-4-5)11-7(8)9;2*1-2/h4-7H,1-3H3;2-4,7H,1H3;2*1-2H3. The first kappa shape index (κ1) is 26.0. The fourth-order valence-corrected chi connectivity index (χ4v) is 1.48. The van der Waals surface area contributed by atoms with Crippen molar-refractivity contribution < 1.29 is 18.3 Å². The average molecular weight is 370 g/mol. The highest BCUT2D eigenvalue weighted by atomic mass is 19.3. The summed E-state index contributed by atoms with van der Waals surface area (Å²) in [5.41, 5.74) is 2.04. The minimum atomic E-state index is -2.80. The van der Waals surface area contributed by atoms with Crippen LogP contribution < -0.4 is 9.47 Å². The van der Waals surface area contributed by atoms with Gasteiger partial charge in [-0.1, -0.05) is 33.8 Å². The molecule has 0 aromatic carbocycles. The molecule has 26 heavy (non-hydrogen) atoms. The van der Waals surface area contributed by atoms with Gasteiger partial charge in [-0.3, -0.25) is 4.98 Å². The molecule has 0 saturated carbocycles. The van der Waals surface area contributed by atoms with Crippen molar-refractivity contribution in [2.45, 2.75) is 68.1 Å². The highest BCUT2D eigenvalue weighted by Crippen LogP contribution is 2.11. The van der Waals surface area contributed by atoms with E-state index in [-0.39, 0.29) is 12.0 Å². The molecule has 148 valence electrons. The van der Waals surface area contributed by atoms with Crippen molar-refractivity contribution in [2.24, 2.45) is 0 Å². The average Bonchev–Trinajstić information content (AvgIpc) is 2.60. The van der Waals surface area contributed by atoms with Crippen molar-refractivity contribution in [2.75, 3.05) is 0 Å². The summed E-state index contributed by atoms with van der Waals surface area (Å²) in [6, 6.07) is 5.04. The SMILES string of the molecule is CC.CC.Cc1ccc(OC(F)F)nc1.Cc1cncc(OC(C)C)c1. The van der Waals surface area contributed by atoms with Crippen LogP contribution in [0.2, 0.25) is 0 Å². The first-order chi connectivity index (χ1) is 12.4. The van der Waals surface area contributed by atoms with Crippen LogP contribution in [0.4, 0.5) is 8.78 Å². The Kier molecular flexibility index (Phi) is 16.2. The number of rotatable bonds is 4. The molecule has 4 nitrogen and oxygen atoms in total. The molecule has 0 amide bonds. The molecule has 0 atom stereocenters. The van der Waals surface area contributed by atoms with Gasteiger partial charge in [-0.2, -0.15) is 8.78 Å². The number of hydrogen-bond acceptors (Lipinski definition) is 4. The molecule has 6 heteroatoms. The lowest BCUT2D eigenvalue weighted by atomic mass is 10.3. The van der Waals surface area contributed by atoms with Gasteiger partial charge >= 0.3 is 6.61 Å². The molecule has 0 radical (unpaired) electrons. The zero-order chi connectivity index (χ0) is 20.5. The van der Waals surface area contributed by atoms with E-state index in [1.807, 2.05) is 67.7 Å². The number of nitrogens with zero attached hydrogens (tertiary/aromatic N) is 2. The van der Waals surface area contributed by atoms with Gasteiger partial charge in [-0.25, -0.2) is 4.98 Å². The molecule has 0 bridgehead atoms. The lowest BCUT2D eigenvalue weighted by molar-refractivity contribution is -0.0528. The minimum Gasteiger partial charge on any atom is -0.489 e. The lowest BCUT2D eigenvalue weighted by Crippen LogP contribution is -2.05. The summed E-state index contributed by atoms with van der Waals surface area (Å²) in [6.45, 7) is 13.0. The second kappa shape index (κ2) is 16.2. The number of hydrogen-bond donors (Lipinski definition) is 0. The fraction of sp³-hybridized carbons (Fsp3) is 0.500. The van der Waals surface area contributed by atoms with Crippen molar-refractivity contribution in [3.63, 3.8) is 0 Å². The Hall–Kier alpha value is -2.24. The Bertz CT molecular complexity index is 562. The van der Waals surface area contributed by atoms with Gasteiger partial charge in [0.05, 0.1) is 12.3 Å². The number of alkyl halides is 2.